The average molecular weight is 393 g/mol. The lowest BCUT2D eigenvalue weighted by Gasteiger charge is -2.23. The molecule has 0 saturated carbocycles. The molecule has 5 nitrogen and oxygen atoms in total. The molecule has 1 heterocycles. The van der Waals surface area contributed by atoms with Crippen LogP contribution in [0.5, 0.6) is 5.75 Å². The maximum Gasteiger partial charge on any atom is 0.344 e. The number of para-hydroxylation sites is 2. The van der Waals surface area contributed by atoms with Gasteiger partial charge in [0.25, 0.3) is 0 Å². The van der Waals surface area contributed by atoms with Crippen LogP contribution in [0.15, 0.2) is 60.3 Å². The van der Waals surface area contributed by atoms with Crippen molar-refractivity contribution < 1.29 is 19.1 Å². The van der Waals surface area contributed by atoms with Crippen molar-refractivity contribution in [2.45, 2.75) is 32.6 Å². The second kappa shape index (κ2) is 8.52. The van der Waals surface area contributed by atoms with E-state index >= 15 is 0 Å². The summed E-state index contributed by atoms with van der Waals surface area (Å²) in [6, 6.07) is 15.6. The fourth-order valence-corrected chi connectivity index (χ4v) is 3.72. The zero-order valence-corrected chi connectivity index (χ0v) is 17.4. The predicted molar refractivity (Wildman–Crippen MR) is 113 cm³/mol. The molecule has 0 atom stereocenters. The Morgan fingerprint density at radius 3 is 2.45 bits per heavy atom. The van der Waals surface area contributed by atoms with Crippen LogP contribution >= 0.6 is 0 Å². The fraction of sp³-hybridized carbons (Fsp3) is 0.333. The highest BCUT2D eigenvalue weighted by molar-refractivity contribution is 5.94. The Morgan fingerprint density at radius 1 is 1.03 bits per heavy atom. The van der Waals surface area contributed by atoms with Gasteiger partial charge in [-0.05, 0) is 29.7 Å². The Bertz CT molecular complexity index is 945. The van der Waals surface area contributed by atoms with Gasteiger partial charge >= 0.3 is 5.97 Å². The van der Waals surface area contributed by atoms with E-state index in [1.165, 1.54) is 5.56 Å². The number of benzene rings is 2. The van der Waals surface area contributed by atoms with E-state index in [-0.39, 0.29) is 24.4 Å². The number of hydrogen-bond acceptors (Lipinski definition) is 5. The molecule has 152 valence electrons. The van der Waals surface area contributed by atoms with Crippen molar-refractivity contribution in [3.63, 3.8) is 0 Å². The zero-order chi connectivity index (χ0) is 21.0. The standard InChI is InChI=1S/C24H27NO4/c1-5-17-10-6-9-13-21(17)28-16-23(27)29-15-18(26)14-22-24(2,3)19-11-7-8-12-20(19)25(22)4/h6-14H,5,15-16H2,1-4H3. The number of carbonyl (C=O) groups excluding carboxylic acids is 2. The summed E-state index contributed by atoms with van der Waals surface area (Å²) >= 11 is 0. The van der Waals surface area contributed by atoms with Gasteiger partial charge in [0.2, 0.25) is 0 Å². The van der Waals surface area contributed by atoms with Gasteiger partial charge in [0.1, 0.15) is 5.75 Å². The van der Waals surface area contributed by atoms with Crippen molar-refractivity contribution in [2.24, 2.45) is 0 Å². The summed E-state index contributed by atoms with van der Waals surface area (Å²) in [6.45, 7) is 5.66. The van der Waals surface area contributed by atoms with Gasteiger partial charge < -0.3 is 14.4 Å². The highest BCUT2D eigenvalue weighted by atomic mass is 16.6. The SMILES string of the molecule is CCc1ccccc1OCC(=O)OCC(=O)C=C1N(C)c2ccccc2C1(C)C. The Morgan fingerprint density at radius 2 is 1.72 bits per heavy atom. The van der Waals surface area contributed by atoms with Gasteiger partial charge in [-0.25, -0.2) is 4.79 Å². The summed E-state index contributed by atoms with van der Waals surface area (Å²) < 4.78 is 10.7. The van der Waals surface area contributed by atoms with Gasteiger partial charge in [-0.3, -0.25) is 4.79 Å². The molecule has 1 aliphatic rings. The third-order valence-corrected chi connectivity index (χ3v) is 5.31. The van der Waals surface area contributed by atoms with E-state index in [0.717, 1.165) is 23.4 Å². The second-order valence-electron chi connectivity index (χ2n) is 7.61. The molecule has 0 amide bonds. The van der Waals surface area contributed by atoms with Gasteiger partial charge in [0.05, 0.1) is 0 Å². The molecule has 0 radical (unpaired) electrons. The molecule has 0 fully saturated rings. The van der Waals surface area contributed by atoms with Crippen LogP contribution in [0.2, 0.25) is 0 Å². The summed E-state index contributed by atoms with van der Waals surface area (Å²) in [5, 5.41) is 0. The van der Waals surface area contributed by atoms with Crippen LogP contribution in [0.25, 0.3) is 0 Å². The molecule has 2 aromatic rings. The monoisotopic (exact) mass is 393 g/mol. The topological polar surface area (TPSA) is 55.8 Å². The molecule has 29 heavy (non-hydrogen) atoms. The smallest absolute Gasteiger partial charge is 0.344 e. The number of hydrogen-bond donors (Lipinski definition) is 0. The van der Waals surface area contributed by atoms with Gasteiger partial charge in [0.15, 0.2) is 19.0 Å². The first kappa shape index (κ1) is 20.6. The van der Waals surface area contributed by atoms with Crippen molar-refractivity contribution >= 4 is 17.4 Å². The van der Waals surface area contributed by atoms with Gasteiger partial charge in [-0.2, -0.15) is 0 Å². The normalized spacial score (nSPS) is 15.9. The van der Waals surface area contributed by atoms with E-state index < -0.39 is 5.97 Å². The van der Waals surface area contributed by atoms with Crippen LogP contribution in [0, 0.1) is 0 Å². The highest BCUT2D eigenvalue weighted by Gasteiger charge is 2.38. The molecule has 0 aliphatic carbocycles. The number of rotatable bonds is 7. The fourth-order valence-electron chi connectivity index (χ4n) is 3.72. The number of ether oxygens (including phenoxy) is 2. The Kier molecular flexibility index (Phi) is 6.06. The van der Waals surface area contributed by atoms with Crippen LogP contribution in [0.4, 0.5) is 5.69 Å². The number of likely N-dealkylation sites (N-methyl/N-ethyl adjacent to an activating group) is 1. The molecule has 5 heteroatoms. The zero-order valence-electron chi connectivity index (χ0n) is 17.4. The molecule has 3 rings (SSSR count). The van der Waals surface area contributed by atoms with Crippen LogP contribution in [-0.2, 0) is 26.2 Å². The minimum Gasteiger partial charge on any atom is -0.482 e. The molecule has 0 bridgehead atoms. The van der Waals surface area contributed by atoms with E-state index in [1.54, 1.807) is 6.08 Å². The summed E-state index contributed by atoms with van der Waals surface area (Å²) in [5.41, 5.74) is 3.86. The van der Waals surface area contributed by atoms with Gasteiger partial charge in [0, 0.05) is 29.9 Å². The van der Waals surface area contributed by atoms with Gasteiger partial charge in [-0.1, -0.05) is 57.2 Å². The highest BCUT2D eigenvalue weighted by Crippen LogP contribution is 2.46. The lowest BCUT2D eigenvalue weighted by atomic mass is 9.83. The lowest BCUT2D eigenvalue weighted by molar-refractivity contribution is -0.148. The van der Waals surface area contributed by atoms with Crippen LogP contribution in [-0.4, -0.2) is 32.0 Å². The number of fused-ring (bicyclic) bond motifs is 1. The summed E-state index contributed by atoms with van der Waals surface area (Å²) in [5.74, 6) is -0.160. The first-order chi connectivity index (χ1) is 13.8. The number of allylic oxidation sites excluding steroid dienone is 1. The van der Waals surface area contributed by atoms with E-state index in [0.29, 0.717) is 5.75 Å². The third-order valence-electron chi connectivity index (χ3n) is 5.31. The van der Waals surface area contributed by atoms with Crippen molar-refractivity contribution in [3.05, 3.63) is 71.4 Å². The third kappa shape index (κ3) is 4.34. The molecular formula is C24H27NO4. The first-order valence-corrected chi connectivity index (χ1v) is 9.79. The maximum atomic E-state index is 12.4. The number of ketones is 1. The number of aryl methyl sites for hydroxylation is 1. The van der Waals surface area contributed by atoms with Crippen LogP contribution in [0.1, 0.15) is 31.9 Å². The average Bonchev–Trinajstić information content (AvgIpc) is 2.92. The number of nitrogens with zero attached hydrogens (tertiary/aromatic N) is 1. The minimum absolute atomic E-state index is 0.225. The Balaban J connectivity index is 1.58. The molecule has 0 saturated heterocycles. The molecule has 0 aromatic heterocycles. The van der Waals surface area contributed by atoms with E-state index in [1.807, 2.05) is 61.3 Å². The molecule has 0 N–H and O–H groups in total. The second-order valence-corrected chi connectivity index (χ2v) is 7.61. The maximum absolute atomic E-state index is 12.4. The van der Waals surface area contributed by atoms with E-state index in [2.05, 4.69) is 19.9 Å². The molecule has 0 unspecified atom stereocenters. The lowest BCUT2D eigenvalue weighted by Crippen LogP contribution is -2.25. The van der Waals surface area contributed by atoms with Crippen molar-refractivity contribution in [1.82, 2.24) is 0 Å². The van der Waals surface area contributed by atoms with Crippen LogP contribution in [0.3, 0.4) is 0 Å². The first-order valence-electron chi connectivity index (χ1n) is 9.79. The van der Waals surface area contributed by atoms with Gasteiger partial charge in [-0.15, -0.1) is 0 Å². The number of anilines is 1. The van der Waals surface area contributed by atoms with Crippen molar-refractivity contribution in [1.29, 1.82) is 0 Å². The Hall–Kier alpha value is -3.08. The molecule has 0 spiro atoms. The molecule has 2 aromatic carbocycles. The summed E-state index contributed by atoms with van der Waals surface area (Å²) in [4.78, 5) is 26.5. The molecular weight excluding hydrogens is 366 g/mol. The van der Waals surface area contributed by atoms with Crippen molar-refractivity contribution in [2.75, 3.05) is 25.2 Å². The van der Waals surface area contributed by atoms with Crippen molar-refractivity contribution in [3.8, 4) is 5.75 Å². The number of carbonyl (C=O) groups is 2. The quantitative estimate of drug-likeness (QED) is 0.525. The minimum atomic E-state index is -0.565. The number of esters is 1. The largest absolute Gasteiger partial charge is 0.482 e. The predicted octanol–water partition coefficient (Wildman–Crippen LogP) is 4.05. The molecule has 1 aliphatic heterocycles. The Labute approximate surface area is 171 Å². The summed E-state index contributed by atoms with van der Waals surface area (Å²) in [6.07, 6.45) is 2.38. The van der Waals surface area contributed by atoms with E-state index in [9.17, 15) is 9.59 Å². The van der Waals surface area contributed by atoms with E-state index in [4.69, 9.17) is 9.47 Å². The van der Waals surface area contributed by atoms with Crippen LogP contribution < -0.4 is 9.64 Å². The summed E-state index contributed by atoms with van der Waals surface area (Å²) in [7, 11) is 1.94.